The zero-order chi connectivity index (χ0) is 68.0. The monoisotopic (exact) mass is 1270 g/mol. The minimum absolute atomic E-state index is 0.979. The van der Waals surface area contributed by atoms with Gasteiger partial charge in [-0.2, -0.15) is 0 Å². The molecule has 0 fully saturated rings. The lowest BCUT2D eigenvalue weighted by atomic mass is 9.83. The lowest BCUT2D eigenvalue weighted by Crippen LogP contribution is -2.05. The normalized spacial score (nSPS) is 13.6. The minimum atomic E-state index is 0.979. The third kappa shape index (κ3) is 14.9. The first-order chi connectivity index (χ1) is 48.6. The number of benzene rings is 12. The molecule has 478 valence electrons. The highest BCUT2D eigenvalue weighted by molar-refractivity contribution is 6.00. The Balaban J connectivity index is 0.000000104. The van der Waals surface area contributed by atoms with Gasteiger partial charge in [0.05, 0.1) is 0 Å². The summed E-state index contributed by atoms with van der Waals surface area (Å²) in [6.07, 6.45) is 20.2. The molecule has 7 aliphatic rings. The van der Waals surface area contributed by atoms with Gasteiger partial charge in [-0.15, -0.1) is 0 Å². The van der Waals surface area contributed by atoms with E-state index < -0.39 is 0 Å². The van der Waals surface area contributed by atoms with E-state index in [9.17, 15) is 0 Å². The average Bonchev–Trinajstić information content (AvgIpc) is 1.67. The second-order valence-electron chi connectivity index (χ2n) is 25.8. The molecule has 0 bridgehead atoms. The number of hydrogen-bond donors (Lipinski definition) is 0. The Bertz CT molecular complexity index is 4990. The second kappa shape index (κ2) is 30.8. The Hall–Kier alpha value is -12.0. The van der Waals surface area contributed by atoms with Crippen LogP contribution in [0.3, 0.4) is 0 Å². The summed E-state index contributed by atoms with van der Waals surface area (Å²) in [4.78, 5) is 0. The van der Waals surface area contributed by atoms with Gasteiger partial charge in [-0.1, -0.05) is 374 Å². The summed E-state index contributed by atoms with van der Waals surface area (Å²) in [5, 5.41) is 0. The summed E-state index contributed by atoms with van der Waals surface area (Å²) in [6.45, 7) is 29.0. The number of fused-ring (bicyclic) bond motifs is 13. The Morgan fingerprint density at radius 3 is 0.939 bits per heavy atom. The van der Waals surface area contributed by atoms with E-state index in [1.54, 1.807) is 0 Å². The fraction of sp³-hybridized carbons (Fsp3) is 0.0707. The smallest absolute Gasteiger partial charge is 0.00135 e. The molecular weight excluding hydrogens is 1190 g/mol. The van der Waals surface area contributed by atoms with Gasteiger partial charge >= 0.3 is 0 Å². The van der Waals surface area contributed by atoms with Crippen molar-refractivity contribution in [2.45, 2.75) is 44.9 Å². The molecule has 0 saturated carbocycles. The van der Waals surface area contributed by atoms with E-state index in [2.05, 4.69) is 374 Å². The van der Waals surface area contributed by atoms with Crippen molar-refractivity contribution < 1.29 is 0 Å². The van der Waals surface area contributed by atoms with Crippen LogP contribution in [0.15, 0.2) is 355 Å². The molecule has 0 unspecified atom stereocenters. The number of aryl methyl sites for hydroxylation is 2. The van der Waals surface area contributed by atoms with Gasteiger partial charge in [-0.3, -0.25) is 0 Å². The molecule has 0 spiro atoms. The molecule has 19 rings (SSSR count). The molecule has 0 radical (unpaired) electrons. The summed E-state index contributed by atoms with van der Waals surface area (Å²) in [6, 6.07) is 102. The highest BCUT2D eigenvalue weighted by atomic mass is 14.3. The Morgan fingerprint density at radius 2 is 0.475 bits per heavy atom. The lowest BCUT2D eigenvalue weighted by molar-refractivity contribution is 0.965. The van der Waals surface area contributed by atoms with E-state index in [4.69, 9.17) is 0 Å². The second-order valence-corrected chi connectivity index (χ2v) is 25.8. The molecule has 12 aromatic carbocycles. The molecule has 0 N–H and O–H groups in total. The SMILES string of the molecule is C=C1C=CCc2ccccc21.C=C1CC=Cc2ccccc21.C=C1Cc2ccccc2Cc2ccccc21.C=C1c2ccccc2-c2ccccc21.C=C1c2ccccc2C=Cc2ccccc21.C=C1c2ccccc2CCc2ccccc21.C=C1c2ccccc2Cc2ccccc21. The summed E-state index contributed by atoms with van der Waals surface area (Å²) in [5.74, 6) is 0. The van der Waals surface area contributed by atoms with E-state index in [-0.39, 0.29) is 0 Å². The van der Waals surface area contributed by atoms with Crippen LogP contribution in [0.25, 0.3) is 68.4 Å². The van der Waals surface area contributed by atoms with Crippen LogP contribution in [0.4, 0.5) is 0 Å². The first-order valence-corrected chi connectivity index (χ1v) is 34.4. The summed E-state index contributed by atoms with van der Waals surface area (Å²) < 4.78 is 0. The van der Waals surface area contributed by atoms with Crippen molar-refractivity contribution in [3.05, 3.63) is 478 Å². The van der Waals surface area contributed by atoms with Crippen LogP contribution in [-0.2, 0) is 38.5 Å². The molecule has 99 heavy (non-hydrogen) atoms. The van der Waals surface area contributed by atoms with Gasteiger partial charge in [0.25, 0.3) is 0 Å². The fourth-order valence-electron chi connectivity index (χ4n) is 14.3. The molecule has 0 atom stereocenters. The summed E-state index contributed by atoms with van der Waals surface area (Å²) in [7, 11) is 0. The number of rotatable bonds is 0. The fourth-order valence-corrected chi connectivity index (χ4v) is 14.3. The van der Waals surface area contributed by atoms with Gasteiger partial charge in [-0.25, -0.2) is 0 Å². The maximum Gasteiger partial charge on any atom is -0.00135 e. The van der Waals surface area contributed by atoms with E-state index in [1.165, 1.54) is 150 Å². The van der Waals surface area contributed by atoms with Crippen molar-refractivity contribution in [2.75, 3.05) is 0 Å². The van der Waals surface area contributed by atoms with E-state index in [1.807, 2.05) is 0 Å². The van der Waals surface area contributed by atoms with Gasteiger partial charge in [-0.05, 0) is 217 Å². The van der Waals surface area contributed by atoms with Crippen molar-refractivity contribution in [1.29, 1.82) is 0 Å². The number of hydrogen-bond acceptors (Lipinski definition) is 0. The molecule has 0 heteroatoms. The van der Waals surface area contributed by atoms with Crippen molar-refractivity contribution in [3.8, 4) is 11.1 Å². The molecule has 0 aliphatic heterocycles. The first kappa shape index (κ1) is 65.7. The zero-order valence-corrected chi connectivity index (χ0v) is 56.6. The molecule has 12 aromatic rings. The standard InChI is InChI=1S/C16H14.C16H12.C16H14.C15H12.C14H10.2C11H10/c2*1-12-15-8-4-2-6-13(15)10-11-14-7-3-5-9-16(12)14;1-12-10-13-6-2-3-7-14(13)11-15-8-4-5-9-16(12)15;1-11-14-8-4-2-6-12(14)10-13-7-3-5-9-15(11)13;1-10-11-6-2-4-8-13(11)14-9-5-3-7-12(10)14;2*1-9-5-4-7-10-6-2-3-8-11(9)10/h2-9H,1,10-11H2;2-11H,1H2;2-9H,1,10-11H2;2-9H,1,10H2;2-9H,1H2;2-4,6-8H,1,5H2;2-6,8H,1,7H2. The summed E-state index contributed by atoms with van der Waals surface area (Å²) in [5.41, 5.74) is 40.0. The van der Waals surface area contributed by atoms with Crippen molar-refractivity contribution >= 4 is 57.2 Å². The molecular formula is C99H82. The van der Waals surface area contributed by atoms with Gasteiger partial charge in [0, 0.05) is 0 Å². The van der Waals surface area contributed by atoms with Gasteiger partial charge in [0.1, 0.15) is 0 Å². The van der Waals surface area contributed by atoms with Crippen LogP contribution < -0.4 is 0 Å². The quantitative estimate of drug-likeness (QED) is 0.142. The van der Waals surface area contributed by atoms with Gasteiger partial charge < -0.3 is 0 Å². The molecule has 0 aromatic heterocycles. The van der Waals surface area contributed by atoms with Crippen LogP contribution in [0, 0.1) is 0 Å². The maximum absolute atomic E-state index is 4.26. The third-order valence-corrected chi connectivity index (χ3v) is 19.5. The predicted octanol–water partition coefficient (Wildman–Crippen LogP) is 25.2. The minimum Gasteiger partial charge on any atom is -0.0949 e. The van der Waals surface area contributed by atoms with E-state index >= 15 is 0 Å². The van der Waals surface area contributed by atoms with Crippen LogP contribution >= 0.6 is 0 Å². The molecule has 0 saturated heterocycles. The third-order valence-electron chi connectivity index (χ3n) is 19.5. The number of allylic oxidation sites excluding steroid dienone is 6. The Kier molecular flexibility index (Phi) is 20.5. The molecule has 7 aliphatic carbocycles. The maximum atomic E-state index is 4.26. The predicted molar refractivity (Wildman–Crippen MR) is 428 cm³/mol. The Labute approximate surface area is 587 Å². The first-order valence-electron chi connectivity index (χ1n) is 34.4. The Morgan fingerprint density at radius 1 is 0.182 bits per heavy atom. The molecule has 0 amide bonds. The largest absolute Gasteiger partial charge is 0.0949 e. The average molecular weight is 1270 g/mol. The van der Waals surface area contributed by atoms with Crippen LogP contribution in [0.1, 0.15) is 129 Å². The van der Waals surface area contributed by atoms with E-state index in [0.29, 0.717) is 0 Å². The van der Waals surface area contributed by atoms with Crippen molar-refractivity contribution in [1.82, 2.24) is 0 Å². The van der Waals surface area contributed by atoms with Gasteiger partial charge in [0.2, 0.25) is 0 Å². The topological polar surface area (TPSA) is 0 Å². The van der Waals surface area contributed by atoms with Crippen molar-refractivity contribution in [3.63, 3.8) is 0 Å². The van der Waals surface area contributed by atoms with E-state index in [0.717, 1.165) is 67.2 Å². The van der Waals surface area contributed by atoms with Crippen LogP contribution in [0.5, 0.6) is 0 Å². The molecule has 0 nitrogen and oxygen atoms in total. The molecule has 0 heterocycles. The lowest BCUT2D eigenvalue weighted by Gasteiger charge is -2.21. The zero-order valence-electron chi connectivity index (χ0n) is 56.6. The summed E-state index contributed by atoms with van der Waals surface area (Å²) >= 11 is 0. The van der Waals surface area contributed by atoms with Gasteiger partial charge in [0.15, 0.2) is 0 Å². The van der Waals surface area contributed by atoms with Crippen LogP contribution in [-0.4, -0.2) is 0 Å². The van der Waals surface area contributed by atoms with Crippen LogP contribution in [0.2, 0.25) is 0 Å². The van der Waals surface area contributed by atoms with Crippen molar-refractivity contribution in [2.24, 2.45) is 0 Å². The highest BCUT2D eigenvalue weighted by Crippen LogP contribution is 2.43. The highest BCUT2D eigenvalue weighted by Gasteiger charge is 2.22.